The van der Waals surface area contributed by atoms with Crippen molar-refractivity contribution in [2.24, 2.45) is 5.92 Å². The number of aromatic amines is 1. The number of fused-ring (bicyclic) bond motifs is 3. The number of aryl methyl sites for hydroxylation is 2. The van der Waals surface area contributed by atoms with Crippen LogP contribution in [0.15, 0.2) is 29.1 Å². The van der Waals surface area contributed by atoms with Crippen LogP contribution < -0.4 is 10.9 Å². The minimum Gasteiger partial charge on any atom is -0.309 e. The summed E-state index contributed by atoms with van der Waals surface area (Å²) in [5, 5.41) is 4.24. The van der Waals surface area contributed by atoms with Crippen molar-refractivity contribution in [3.8, 4) is 0 Å². The van der Waals surface area contributed by atoms with Gasteiger partial charge in [-0.3, -0.25) is 4.79 Å². The summed E-state index contributed by atoms with van der Waals surface area (Å²) in [6.07, 6.45) is 3.18. The van der Waals surface area contributed by atoms with Crippen LogP contribution >= 0.6 is 11.3 Å². The van der Waals surface area contributed by atoms with Gasteiger partial charge in [0.15, 0.2) is 0 Å². The van der Waals surface area contributed by atoms with Crippen molar-refractivity contribution in [3.05, 3.63) is 62.3 Å². The van der Waals surface area contributed by atoms with Crippen LogP contribution in [0.2, 0.25) is 0 Å². The van der Waals surface area contributed by atoms with Gasteiger partial charge in [-0.15, -0.1) is 11.3 Å². The van der Waals surface area contributed by atoms with E-state index < -0.39 is 0 Å². The zero-order valence-corrected chi connectivity index (χ0v) is 15.8. The Bertz CT molecular complexity index is 991. The number of benzene rings is 1. The topological polar surface area (TPSA) is 57.8 Å². The Kier molecular flexibility index (Phi) is 4.63. The Balaban J connectivity index is 1.58. The first-order valence-corrected chi connectivity index (χ1v) is 9.87. The molecule has 2 N–H and O–H groups in total. The summed E-state index contributed by atoms with van der Waals surface area (Å²) in [4.78, 5) is 22.3. The largest absolute Gasteiger partial charge is 0.309 e. The third-order valence-corrected chi connectivity index (χ3v) is 6.20. The predicted octanol–water partition coefficient (Wildman–Crippen LogP) is 4.10. The summed E-state index contributed by atoms with van der Waals surface area (Å²) < 4.78 is 13.2. The number of thiophene rings is 1. The standard InChI is InChI=1S/C20H22FN3OS/c1-11(2)18(12-6-8-13(21)9-7-12)22-10-16-23-19(25)17-14-4-3-5-15(14)26-20(17)24-16/h6-9,11,18,22H,3-5,10H2,1-2H3,(H,23,24,25)/t18-/m1/s1. The molecule has 0 unspecified atom stereocenters. The van der Waals surface area contributed by atoms with Gasteiger partial charge >= 0.3 is 0 Å². The fourth-order valence-corrected chi connectivity index (χ4v) is 5.03. The molecule has 0 saturated carbocycles. The van der Waals surface area contributed by atoms with Crippen molar-refractivity contribution in [1.29, 1.82) is 0 Å². The lowest BCUT2D eigenvalue weighted by Crippen LogP contribution is -2.27. The Morgan fingerprint density at radius 3 is 2.77 bits per heavy atom. The SMILES string of the molecule is CC(C)[C@@H](NCc1nc2sc3c(c2c(=O)[nH]1)CCC3)c1ccc(F)cc1. The van der Waals surface area contributed by atoms with Crippen molar-refractivity contribution in [2.45, 2.75) is 45.7 Å². The Morgan fingerprint density at radius 2 is 2.04 bits per heavy atom. The molecule has 0 saturated heterocycles. The highest BCUT2D eigenvalue weighted by molar-refractivity contribution is 7.18. The highest BCUT2D eigenvalue weighted by Crippen LogP contribution is 2.34. The summed E-state index contributed by atoms with van der Waals surface area (Å²) >= 11 is 1.65. The van der Waals surface area contributed by atoms with Crippen LogP contribution in [-0.2, 0) is 19.4 Å². The lowest BCUT2D eigenvalue weighted by molar-refractivity contribution is 0.405. The van der Waals surface area contributed by atoms with Crippen LogP contribution in [0.25, 0.3) is 10.2 Å². The van der Waals surface area contributed by atoms with E-state index >= 15 is 0 Å². The molecule has 1 aliphatic rings. The maximum Gasteiger partial charge on any atom is 0.259 e. The Morgan fingerprint density at radius 1 is 1.27 bits per heavy atom. The van der Waals surface area contributed by atoms with Crippen molar-refractivity contribution in [2.75, 3.05) is 0 Å². The van der Waals surface area contributed by atoms with Gasteiger partial charge in [-0.1, -0.05) is 26.0 Å². The summed E-state index contributed by atoms with van der Waals surface area (Å²) in [7, 11) is 0. The number of rotatable bonds is 5. The molecule has 0 fully saturated rings. The van der Waals surface area contributed by atoms with Crippen molar-refractivity contribution in [1.82, 2.24) is 15.3 Å². The smallest absolute Gasteiger partial charge is 0.259 e. The van der Waals surface area contributed by atoms with Gasteiger partial charge in [0.25, 0.3) is 5.56 Å². The van der Waals surface area contributed by atoms with Gasteiger partial charge in [0, 0.05) is 10.9 Å². The fourth-order valence-electron chi connectivity index (χ4n) is 3.75. The summed E-state index contributed by atoms with van der Waals surface area (Å²) in [5.74, 6) is 0.732. The van der Waals surface area contributed by atoms with Crippen LogP contribution in [0, 0.1) is 11.7 Å². The molecule has 2 heterocycles. The second-order valence-corrected chi connectivity index (χ2v) is 8.29. The van der Waals surface area contributed by atoms with Crippen LogP contribution in [0.1, 0.15) is 48.1 Å². The molecule has 4 nitrogen and oxygen atoms in total. The molecule has 0 aliphatic heterocycles. The third kappa shape index (κ3) is 3.19. The molecule has 0 bridgehead atoms. The Hall–Kier alpha value is -2.05. The highest BCUT2D eigenvalue weighted by atomic mass is 32.1. The first-order chi connectivity index (χ1) is 12.5. The van der Waals surface area contributed by atoms with Crippen molar-refractivity contribution in [3.63, 3.8) is 0 Å². The zero-order chi connectivity index (χ0) is 18.3. The second kappa shape index (κ2) is 6.93. The molecule has 26 heavy (non-hydrogen) atoms. The van der Waals surface area contributed by atoms with E-state index in [-0.39, 0.29) is 17.4 Å². The predicted molar refractivity (Wildman–Crippen MR) is 103 cm³/mol. The molecule has 2 aromatic heterocycles. The molecule has 0 radical (unpaired) electrons. The number of hydrogen-bond donors (Lipinski definition) is 2. The number of hydrogen-bond acceptors (Lipinski definition) is 4. The summed E-state index contributed by atoms with van der Waals surface area (Å²) in [6.45, 7) is 4.70. The van der Waals surface area contributed by atoms with E-state index in [1.165, 1.54) is 22.6 Å². The quantitative estimate of drug-likeness (QED) is 0.710. The number of nitrogens with one attached hydrogen (secondary N) is 2. The van der Waals surface area contributed by atoms with Gasteiger partial charge in [-0.25, -0.2) is 9.37 Å². The molecule has 1 aromatic carbocycles. The van der Waals surface area contributed by atoms with Crippen LogP contribution in [0.4, 0.5) is 4.39 Å². The molecular formula is C20H22FN3OS. The molecule has 1 atom stereocenters. The van der Waals surface area contributed by atoms with Crippen LogP contribution in [0.5, 0.6) is 0 Å². The number of halogens is 1. The first kappa shape index (κ1) is 17.4. The zero-order valence-electron chi connectivity index (χ0n) is 14.9. The van der Waals surface area contributed by atoms with Gasteiger partial charge in [0.05, 0.1) is 11.9 Å². The molecule has 6 heteroatoms. The minimum absolute atomic E-state index is 0.0333. The first-order valence-electron chi connectivity index (χ1n) is 9.05. The van der Waals surface area contributed by atoms with E-state index in [4.69, 9.17) is 0 Å². The van der Waals surface area contributed by atoms with Crippen molar-refractivity contribution >= 4 is 21.6 Å². The summed E-state index contributed by atoms with van der Waals surface area (Å²) in [6, 6.07) is 6.62. The van der Waals surface area contributed by atoms with Gasteiger partial charge in [-0.05, 0) is 48.4 Å². The highest BCUT2D eigenvalue weighted by Gasteiger charge is 2.21. The third-order valence-electron chi connectivity index (χ3n) is 5.01. The van der Waals surface area contributed by atoms with Crippen molar-refractivity contribution < 1.29 is 4.39 Å². The molecular weight excluding hydrogens is 349 g/mol. The van der Waals surface area contributed by atoms with Gasteiger partial charge in [0.1, 0.15) is 16.5 Å². The molecule has 0 spiro atoms. The molecule has 4 rings (SSSR count). The average Bonchev–Trinajstić information content (AvgIpc) is 3.16. The monoisotopic (exact) mass is 371 g/mol. The number of H-pyrrole nitrogens is 1. The van der Waals surface area contributed by atoms with E-state index in [0.717, 1.165) is 35.0 Å². The van der Waals surface area contributed by atoms with Gasteiger partial charge in [-0.2, -0.15) is 0 Å². The van der Waals surface area contributed by atoms with Crippen LogP contribution in [0.3, 0.4) is 0 Å². The van der Waals surface area contributed by atoms with Gasteiger partial charge < -0.3 is 10.3 Å². The fraction of sp³-hybridized carbons (Fsp3) is 0.400. The average molecular weight is 371 g/mol. The van der Waals surface area contributed by atoms with E-state index in [2.05, 4.69) is 29.1 Å². The number of aromatic nitrogens is 2. The molecule has 0 amide bonds. The summed E-state index contributed by atoms with van der Waals surface area (Å²) in [5.41, 5.74) is 2.19. The normalized spacial score (nSPS) is 14.9. The van der Waals surface area contributed by atoms with Crippen LogP contribution in [-0.4, -0.2) is 9.97 Å². The molecule has 3 aromatic rings. The van der Waals surface area contributed by atoms with E-state index in [1.54, 1.807) is 23.5 Å². The molecule has 136 valence electrons. The lowest BCUT2D eigenvalue weighted by Gasteiger charge is -2.22. The Labute approximate surface area is 155 Å². The maximum absolute atomic E-state index is 13.2. The van der Waals surface area contributed by atoms with Gasteiger partial charge in [0.2, 0.25) is 0 Å². The minimum atomic E-state index is -0.238. The lowest BCUT2D eigenvalue weighted by atomic mass is 9.96. The van der Waals surface area contributed by atoms with E-state index in [0.29, 0.717) is 18.3 Å². The second-order valence-electron chi connectivity index (χ2n) is 7.20. The van der Waals surface area contributed by atoms with E-state index in [1.807, 2.05) is 0 Å². The number of nitrogens with zero attached hydrogens (tertiary/aromatic N) is 1. The van der Waals surface area contributed by atoms with E-state index in [9.17, 15) is 9.18 Å². The maximum atomic E-state index is 13.2. The molecule has 1 aliphatic carbocycles.